The Balaban J connectivity index is 0.00000288. The Kier molecular flexibility index (Phi) is 8.86. The topological polar surface area (TPSA) is 73.6 Å². The van der Waals surface area contributed by atoms with Gasteiger partial charge in [-0.3, -0.25) is 4.79 Å². The zero-order valence-electron chi connectivity index (χ0n) is 13.6. The first-order valence-electron chi connectivity index (χ1n) is 7.51. The highest BCUT2D eigenvalue weighted by molar-refractivity contribution is 5.95. The number of hydrogen-bond acceptors (Lipinski definition) is 4. The molecule has 0 aliphatic heterocycles. The van der Waals surface area contributed by atoms with Crippen molar-refractivity contribution in [3.05, 3.63) is 60.2 Å². The summed E-state index contributed by atoms with van der Waals surface area (Å²) in [6.45, 7) is 0.972. The van der Waals surface area contributed by atoms with Gasteiger partial charge in [-0.2, -0.15) is 0 Å². The van der Waals surface area contributed by atoms with Crippen LogP contribution < -0.4 is 15.8 Å². The highest BCUT2D eigenvalue weighted by Gasteiger charge is 2.14. The van der Waals surface area contributed by atoms with Crippen molar-refractivity contribution >= 4 is 24.0 Å². The summed E-state index contributed by atoms with van der Waals surface area (Å²) in [5.41, 5.74) is 7.67. The number of amides is 1. The van der Waals surface area contributed by atoms with Crippen LogP contribution in [0.5, 0.6) is 5.75 Å². The quantitative estimate of drug-likeness (QED) is 0.718. The molecule has 2 aromatic rings. The second kappa shape index (κ2) is 10.6. The van der Waals surface area contributed by atoms with Crippen molar-refractivity contribution in [2.75, 3.05) is 25.6 Å². The molecular weight excluding hydrogens is 328 g/mol. The van der Waals surface area contributed by atoms with Crippen LogP contribution in [0.1, 0.15) is 5.56 Å². The Morgan fingerprint density at radius 2 is 1.88 bits per heavy atom. The molecule has 5 nitrogen and oxygen atoms in total. The monoisotopic (exact) mass is 350 g/mol. The molecule has 0 fully saturated rings. The molecule has 1 atom stereocenters. The van der Waals surface area contributed by atoms with E-state index in [1.807, 2.05) is 42.5 Å². The molecule has 0 spiro atoms. The number of carbonyl (C=O) groups excluding carboxylic acids is 1. The van der Waals surface area contributed by atoms with Crippen LogP contribution in [-0.4, -0.2) is 32.3 Å². The predicted molar refractivity (Wildman–Crippen MR) is 97.8 cm³/mol. The molecule has 0 radical (unpaired) electrons. The van der Waals surface area contributed by atoms with Crippen molar-refractivity contribution in [2.45, 2.75) is 12.5 Å². The van der Waals surface area contributed by atoms with Crippen molar-refractivity contribution in [2.24, 2.45) is 5.73 Å². The second-order valence-corrected chi connectivity index (χ2v) is 5.15. The summed E-state index contributed by atoms with van der Waals surface area (Å²) >= 11 is 0. The summed E-state index contributed by atoms with van der Waals surface area (Å²) in [7, 11) is 1.62. The SMILES string of the molecule is COCCOc1cccc(NC(=O)C(N)Cc2ccccc2)c1.Cl. The molecule has 0 saturated carbocycles. The molecule has 130 valence electrons. The van der Waals surface area contributed by atoms with E-state index in [9.17, 15) is 4.79 Å². The largest absolute Gasteiger partial charge is 0.491 e. The van der Waals surface area contributed by atoms with Crippen LogP contribution in [0.3, 0.4) is 0 Å². The molecule has 0 aromatic heterocycles. The van der Waals surface area contributed by atoms with Crippen LogP contribution in [-0.2, 0) is 16.0 Å². The molecule has 2 rings (SSSR count). The first-order chi connectivity index (χ1) is 11.2. The molecule has 1 amide bonds. The minimum Gasteiger partial charge on any atom is -0.491 e. The number of hydrogen-bond donors (Lipinski definition) is 2. The Bertz CT molecular complexity index is 623. The molecule has 0 saturated heterocycles. The average Bonchev–Trinajstić information content (AvgIpc) is 2.56. The maximum atomic E-state index is 12.2. The van der Waals surface area contributed by atoms with Gasteiger partial charge >= 0.3 is 0 Å². The van der Waals surface area contributed by atoms with Crippen LogP contribution in [0.2, 0.25) is 0 Å². The lowest BCUT2D eigenvalue weighted by Gasteiger charge is -2.13. The number of halogens is 1. The number of nitrogens with one attached hydrogen (secondary N) is 1. The third-order valence-electron chi connectivity index (χ3n) is 3.29. The van der Waals surface area contributed by atoms with Gasteiger partial charge in [0.15, 0.2) is 0 Å². The molecule has 0 bridgehead atoms. The molecule has 1 unspecified atom stereocenters. The first kappa shape index (κ1) is 20.0. The van der Waals surface area contributed by atoms with Crippen molar-refractivity contribution in [3.8, 4) is 5.75 Å². The van der Waals surface area contributed by atoms with E-state index in [1.54, 1.807) is 19.2 Å². The van der Waals surface area contributed by atoms with Crippen molar-refractivity contribution in [3.63, 3.8) is 0 Å². The van der Waals surface area contributed by atoms with E-state index in [4.69, 9.17) is 15.2 Å². The van der Waals surface area contributed by atoms with Crippen molar-refractivity contribution < 1.29 is 14.3 Å². The fourth-order valence-corrected chi connectivity index (χ4v) is 2.10. The summed E-state index contributed by atoms with van der Waals surface area (Å²) in [4.78, 5) is 12.2. The van der Waals surface area contributed by atoms with Gasteiger partial charge in [0, 0.05) is 18.9 Å². The molecular formula is C18H23ClN2O3. The Morgan fingerprint density at radius 1 is 1.12 bits per heavy atom. The van der Waals surface area contributed by atoms with E-state index in [-0.39, 0.29) is 18.3 Å². The number of rotatable bonds is 8. The number of benzene rings is 2. The third kappa shape index (κ3) is 6.58. The van der Waals surface area contributed by atoms with Gasteiger partial charge in [0.1, 0.15) is 12.4 Å². The third-order valence-corrected chi connectivity index (χ3v) is 3.29. The Hall–Kier alpha value is -2.08. The minimum atomic E-state index is -0.601. The van der Waals surface area contributed by atoms with E-state index in [2.05, 4.69) is 5.32 Å². The van der Waals surface area contributed by atoms with Gasteiger partial charge in [-0.05, 0) is 24.1 Å². The lowest BCUT2D eigenvalue weighted by atomic mass is 10.1. The molecule has 0 aliphatic carbocycles. The van der Waals surface area contributed by atoms with Gasteiger partial charge in [0.2, 0.25) is 5.91 Å². The fraction of sp³-hybridized carbons (Fsp3) is 0.278. The van der Waals surface area contributed by atoms with Crippen LogP contribution in [0.15, 0.2) is 54.6 Å². The van der Waals surface area contributed by atoms with Crippen LogP contribution >= 0.6 is 12.4 Å². The average molecular weight is 351 g/mol. The fourth-order valence-electron chi connectivity index (χ4n) is 2.10. The zero-order valence-corrected chi connectivity index (χ0v) is 14.4. The van der Waals surface area contributed by atoms with E-state index in [0.717, 1.165) is 5.56 Å². The van der Waals surface area contributed by atoms with E-state index < -0.39 is 6.04 Å². The van der Waals surface area contributed by atoms with Gasteiger partial charge in [-0.25, -0.2) is 0 Å². The second-order valence-electron chi connectivity index (χ2n) is 5.15. The van der Waals surface area contributed by atoms with E-state index in [0.29, 0.717) is 31.1 Å². The molecule has 3 N–H and O–H groups in total. The van der Waals surface area contributed by atoms with Gasteiger partial charge in [-0.1, -0.05) is 36.4 Å². The normalized spacial score (nSPS) is 11.2. The molecule has 2 aromatic carbocycles. The van der Waals surface area contributed by atoms with Gasteiger partial charge in [0.05, 0.1) is 12.6 Å². The highest BCUT2D eigenvalue weighted by atomic mass is 35.5. The summed E-state index contributed by atoms with van der Waals surface area (Å²) in [6, 6.07) is 16.3. The number of anilines is 1. The summed E-state index contributed by atoms with van der Waals surface area (Å²) in [5.74, 6) is 0.458. The molecule has 0 aliphatic rings. The van der Waals surface area contributed by atoms with Gasteiger partial charge < -0.3 is 20.5 Å². The number of ether oxygens (including phenoxy) is 2. The van der Waals surface area contributed by atoms with Crippen LogP contribution in [0.25, 0.3) is 0 Å². The summed E-state index contributed by atoms with van der Waals surface area (Å²) < 4.78 is 10.5. The van der Waals surface area contributed by atoms with E-state index in [1.165, 1.54) is 0 Å². The number of carbonyl (C=O) groups is 1. The Morgan fingerprint density at radius 3 is 2.58 bits per heavy atom. The van der Waals surface area contributed by atoms with Crippen LogP contribution in [0, 0.1) is 0 Å². The van der Waals surface area contributed by atoms with Crippen LogP contribution in [0.4, 0.5) is 5.69 Å². The maximum absolute atomic E-state index is 12.2. The Labute approximate surface area is 148 Å². The lowest BCUT2D eigenvalue weighted by molar-refractivity contribution is -0.117. The number of nitrogens with two attached hydrogens (primary N) is 1. The lowest BCUT2D eigenvalue weighted by Crippen LogP contribution is -2.37. The number of methoxy groups -OCH3 is 1. The molecule has 0 heterocycles. The maximum Gasteiger partial charge on any atom is 0.241 e. The molecule has 6 heteroatoms. The zero-order chi connectivity index (χ0) is 16.5. The minimum absolute atomic E-state index is 0. The van der Waals surface area contributed by atoms with Gasteiger partial charge in [0.25, 0.3) is 0 Å². The van der Waals surface area contributed by atoms with Crippen molar-refractivity contribution in [1.29, 1.82) is 0 Å². The summed E-state index contributed by atoms with van der Waals surface area (Å²) in [5, 5.41) is 2.82. The smallest absolute Gasteiger partial charge is 0.241 e. The van der Waals surface area contributed by atoms with Crippen molar-refractivity contribution in [1.82, 2.24) is 0 Å². The predicted octanol–water partition coefficient (Wildman–Crippen LogP) is 2.64. The highest BCUT2D eigenvalue weighted by Crippen LogP contribution is 2.17. The summed E-state index contributed by atoms with van der Waals surface area (Å²) in [6.07, 6.45) is 0.497. The molecule has 24 heavy (non-hydrogen) atoms. The van der Waals surface area contributed by atoms with Gasteiger partial charge in [-0.15, -0.1) is 12.4 Å². The standard InChI is InChI=1S/C18H22N2O3.ClH/c1-22-10-11-23-16-9-5-8-15(13-16)20-18(21)17(19)12-14-6-3-2-4-7-14;/h2-9,13,17H,10-12,19H2,1H3,(H,20,21);1H. The first-order valence-corrected chi connectivity index (χ1v) is 7.51. The van der Waals surface area contributed by atoms with E-state index >= 15 is 0 Å².